The van der Waals surface area contributed by atoms with Crippen LogP contribution in [0.2, 0.25) is 0 Å². The Balaban J connectivity index is 1.90. The number of aryl methyl sites for hydroxylation is 1. The smallest absolute Gasteiger partial charge is 0.311 e. The predicted molar refractivity (Wildman–Crippen MR) is 89.1 cm³/mol. The van der Waals surface area contributed by atoms with E-state index >= 15 is 0 Å². The van der Waals surface area contributed by atoms with Crippen molar-refractivity contribution in [1.82, 2.24) is 5.32 Å². The van der Waals surface area contributed by atoms with Gasteiger partial charge >= 0.3 is 5.97 Å². The Bertz CT molecular complexity index is 560. The average molecular weight is 337 g/mol. The molecule has 1 aromatic heterocycles. The number of carboxylic acid groups (broad SMARTS) is 1. The molecule has 1 unspecified atom stereocenters. The number of aliphatic carboxylic acids is 1. The minimum Gasteiger partial charge on any atom is -0.481 e. The summed E-state index contributed by atoms with van der Waals surface area (Å²) in [5.41, 5.74) is 0.993. The van der Waals surface area contributed by atoms with Gasteiger partial charge in [0, 0.05) is 18.7 Å². The first kappa shape index (κ1) is 18.5. The highest BCUT2D eigenvalue weighted by Gasteiger charge is 2.26. The quantitative estimate of drug-likeness (QED) is 0.723. The highest BCUT2D eigenvalue weighted by atomic mass is 16.5. The monoisotopic (exact) mass is 337 g/mol. The van der Waals surface area contributed by atoms with Crippen molar-refractivity contribution >= 4 is 11.9 Å². The van der Waals surface area contributed by atoms with Crippen LogP contribution in [0.5, 0.6) is 0 Å². The Labute approximate surface area is 142 Å². The number of carbonyl (C=O) groups is 2. The molecule has 1 aliphatic carbocycles. The highest BCUT2D eigenvalue weighted by molar-refractivity contribution is 5.97. The average Bonchev–Trinajstić information content (AvgIpc) is 3.16. The summed E-state index contributed by atoms with van der Waals surface area (Å²) in [5.74, 6) is -0.509. The van der Waals surface area contributed by atoms with Crippen molar-refractivity contribution in [1.29, 1.82) is 0 Å². The molecule has 6 heteroatoms. The largest absolute Gasteiger partial charge is 0.481 e. The molecule has 6 nitrogen and oxygen atoms in total. The molecule has 0 aliphatic heterocycles. The van der Waals surface area contributed by atoms with Crippen LogP contribution in [-0.4, -0.2) is 36.2 Å². The molecule has 0 saturated heterocycles. The Morgan fingerprint density at radius 3 is 2.75 bits per heavy atom. The molecule has 0 spiro atoms. The topological polar surface area (TPSA) is 88.8 Å². The Kier molecular flexibility index (Phi) is 6.85. The normalized spacial score (nSPS) is 16.2. The van der Waals surface area contributed by atoms with Crippen molar-refractivity contribution in [3.8, 4) is 0 Å². The molecule has 0 bridgehead atoms. The van der Waals surface area contributed by atoms with Crippen LogP contribution in [0.25, 0.3) is 0 Å². The van der Waals surface area contributed by atoms with Crippen molar-refractivity contribution in [3.63, 3.8) is 0 Å². The number of carbonyl (C=O) groups excluding carboxylic acids is 1. The van der Waals surface area contributed by atoms with Crippen molar-refractivity contribution < 1.29 is 23.8 Å². The number of furan rings is 1. The zero-order valence-electron chi connectivity index (χ0n) is 14.5. The third-order valence-electron chi connectivity index (χ3n) is 4.61. The van der Waals surface area contributed by atoms with E-state index in [4.69, 9.17) is 14.3 Å². The predicted octanol–water partition coefficient (Wildman–Crippen LogP) is 2.93. The van der Waals surface area contributed by atoms with Gasteiger partial charge in [-0.2, -0.15) is 0 Å². The van der Waals surface area contributed by atoms with Crippen LogP contribution in [0.4, 0.5) is 0 Å². The van der Waals surface area contributed by atoms with Crippen LogP contribution < -0.4 is 5.32 Å². The lowest BCUT2D eigenvalue weighted by molar-refractivity contribution is -0.136. The summed E-state index contributed by atoms with van der Waals surface area (Å²) in [6.45, 7) is 4.93. The van der Waals surface area contributed by atoms with Crippen molar-refractivity contribution in [3.05, 3.63) is 23.2 Å². The number of carboxylic acids is 1. The summed E-state index contributed by atoms with van der Waals surface area (Å²) in [7, 11) is 0. The molecule has 134 valence electrons. The number of amides is 1. The van der Waals surface area contributed by atoms with Gasteiger partial charge < -0.3 is 19.6 Å². The molecule has 24 heavy (non-hydrogen) atoms. The summed E-state index contributed by atoms with van der Waals surface area (Å²) in [6, 6.07) is 0. The maximum atomic E-state index is 12.4. The van der Waals surface area contributed by atoms with Crippen LogP contribution in [0, 0.1) is 12.8 Å². The SMILES string of the molecule is CCOC(CCNC(=O)c1c(C)coc1CC(=O)O)C1CCCC1. The first-order valence-electron chi connectivity index (χ1n) is 8.71. The Morgan fingerprint density at radius 2 is 2.12 bits per heavy atom. The van der Waals surface area contributed by atoms with Crippen molar-refractivity contribution in [2.45, 2.75) is 58.5 Å². The maximum absolute atomic E-state index is 12.4. The van der Waals surface area contributed by atoms with Gasteiger partial charge in [0.2, 0.25) is 0 Å². The van der Waals surface area contributed by atoms with E-state index in [1.54, 1.807) is 6.92 Å². The maximum Gasteiger partial charge on any atom is 0.311 e. The summed E-state index contributed by atoms with van der Waals surface area (Å²) in [5, 5.41) is 11.8. The molecule has 2 rings (SSSR count). The van der Waals surface area contributed by atoms with Gasteiger partial charge in [-0.3, -0.25) is 9.59 Å². The number of nitrogens with one attached hydrogen (secondary N) is 1. The van der Waals surface area contributed by atoms with Crippen molar-refractivity contribution in [2.24, 2.45) is 5.92 Å². The number of hydrogen-bond donors (Lipinski definition) is 2. The van der Waals surface area contributed by atoms with Crippen molar-refractivity contribution in [2.75, 3.05) is 13.2 Å². The number of ether oxygens (including phenoxy) is 1. The molecule has 0 radical (unpaired) electrons. The summed E-state index contributed by atoms with van der Waals surface area (Å²) in [4.78, 5) is 23.3. The third kappa shape index (κ3) is 4.84. The molecular weight excluding hydrogens is 310 g/mol. The fourth-order valence-corrected chi connectivity index (χ4v) is 3.49. The van der Waals surface area contributed by atoms with Crippen LogP contribution >= 0.6 is 0 Å². The van der Waals surface area contributed by atoms with E-state index in [0.717, 1.165) is 6.42 Å². The van der Waals surface area contributed by atoms with E-state index in [1.165, 1.54) is 31.9 Å². The standard InChI is InChI=1S/C18H27NO5/c1-3-23-14(13-6-4-5-7-13)8-9-19-18(22)17-12(2)11-24-15(17)10-16(20)21/h11,13-14H,3-10H2,1-2H3,(H,19,22)(H,20,21). The molecule has 1 fully saturated rings. The van der Waals surface area contributed by atoms with E-state index in [0.29, 0.717) is 30.2 Å². The summed E-state index contributed by atoms with van der Waals surface area (Å²) in [6.07, 6.45) is 7.00. The lowest BCUT2D eigenvalue weighted by atomic mass is 9.98. The number of hydrogen-bond acceptors (Lipinski definition) is 4. The van der Waals surface area contributed by atoms with Gasteiger partial charge in [-0.15, -0.1) is 0 Å². The second-order valence-corrected chi connectivity index (χ2v) is 6.37. The van der Waals surface area contributed by atoms with Gasteiger partial charge in [-0.25, -0.2) is 0 Å². The zero-order valence-corrected chi connectivity index (χ0v) is 14.5. The van der Waals surface area contributed by atoms with Gasteiger partial charge in [0.05, 0.1) is 17.9 Å². The molecule has 1 aromatic rings. The second kappa shape index (κ2) is 8.87. The lowest BCUT2D eigenvalue weighted by Gasteiger charge is -2.23. The fraction of sp³-hybridized carbons (Fsp3) is 0.667. The van der Waals surface area contributed by atoms with Crippen LogP contribution in [0.3, 0.4) is 0 Å². The number of rotatable bonds is 9. The Hall–Kier alpha value is -1.82. The first-order valence-corrected chi connectivity index (χ1v) is 8.71. The van der Waals surface area contributed by atoms with E-state index in [1.807, 2.05) is 6.92 Å². The van der Waals surface area contributed by atoms with E-state index in [2.05, 4.69) is 5.32 Å². The first-order chi connectivity index (χ1) is 11.5. The molecular formula is C18H27NO5. The minimum atomic E-state index is -1.02. The van der Waals surface area contributed by atoms with E-state index in [9.17, 15) is 9.59 Å². The molecule has 1 amide bonds. The fourth-order valence-electron chi connectivity index (χ4n) is 3.49. The molecule has 1 aliphatic rings. The lowest BCUT2D eigenvalue weighted by Crippen LogP contribution is -2.31. The third-order valence-corrected chi connectivity index (χ3v) is 4.61. The van der Waals surface area contributed by atoms with Gasteiger partial charge in [0.15, 0.2) is 0 Å². The van der Waals surface area contributed by atoms with E-state index in [-0.39, 0.29) is 24.2 Å². The minimum absolute atomic E-state index is 0.182. The molecule has 1 heterocycles. The highest BCUT2D eigenvalue weighted by Crippen LogP contribution is 2.30. The van der Waals surface area contributed by atoms with Crippen LogP contribution in [0.1, 0.15) is 60.7 Å². The molecule has 1 saturated carbocycles. The van der Waals surface area contributed by atoms with Gasteiger partial charge in [-0.05, 0) is 39.0 Å². The van der Waals surface area contributed by atoms with Crippen LogP contribution in [0.15, 0.2) is 10.7 Å². The van der Waals surface area contributed by atoms with Gasteiger partial charge in [0.1, 0.15) is 12.2 Å². The molecule has 0 aromatic carbocycles. The molecule has 1 atom stereocenters. The summed E-state index contributed by atoms with van der Waals surface area (Å²) >= 11 is 0. The summed E-state index contributed by atoms with van der Waals surface area (Å²) < 4.78 is 11.1. The van der Waals surface area contributed by atoms with Gasteiger partial charge in [0.25, 0.3) is 5.91 Å². The Morgan fingerprint density at radius 1 is 1.42 bits per heavy atom. The second-order valence-electron chi connectivity index (χ2n) is 6.37. The van der Waals surface area contributed by atoms with E-state index < -0.39 is 5.97 Å². The zero-order chi connectivity index (χ0) is 17.5. The van der Waals surface area contributed by atoms with Crippen LogP contribution in [-0.2, 0) is 16.0 Å². The van der Waals surface area contributed by atoms with Gasteiger partial charge in [-0.1, -0.05) is 12.8 Å². The molecule has 2 N–H and O–H groups in total.